The van der Waals surface area contributed by atoms with E-state index in [2.05, 4.69) is 4.72 Å². The quantitative estimate of drug-likeness (QED) is 0.827. The van der Waals surface area contributed by atoms with Gasteiger partial charge in [-0.05, 0) is 48.1 Å². The molecule has 0 spiro atoms. The van der Waals surface area contributed by atoms with Crippen LogP contribution in [0.1, 0.15) is 18.0 Å². The Balaban J connectivity index is 1.98. The Morgan fingerprint density at radius 2 is 1.87 bits per heavy atom. The van der Waals surface area contributed by atoms with Gasteiger partial charge in [-0.15, -0.1) is 11.8 Å². The van der Waals surface area contributed by atoms with E-state index in [0.717, 1.165) is 10.6 Å². The van der Waals surface area contributed by atoms with Gasteiger partial charge < -0.3 is 0 Å². The van der Waals surface area contributed by atoms with E-state index in [1.807, 2.05) is 0 Å². The summed E-state index contributed by atoms with van der Waals surface area (Å²) in [5, 5.41) is 0.101. The third-order valence-corrected chi connectivity index (χ3v) is 7.05. The van der Waals surface area contributed by atoms with Crippen LogP contribution < -0.4 is 4.72 Å². The van der Waals surface area contributed by atoms with Crippen molar-refractivity contribution >= 4 is 45.0 Å². The molecular weight excluding hydrogens is 380 g/mol. The van der Waals surface area contributed by atoms with Gasteiger partial charge in [-0.25, -0.2) is 17.5 Å². The molecular formula is C15H12Cl2FNO2S2. The molecule has 0 saturated heterocycles. The second kappa shape index (κ2) is 6.61. The molecule has 0 bridgehead atoms. The minimum absolute atomic E-state index is 0.0506. The van der Waals surface area contributed by atoms with Crippen molar-refractivity contribution in [2.45, 2.75) is 22.3 Å². The lowest BCUT2D eigenvalue weighted by Crippen LogP contribution is -2.31. The van der Waals surface area contributed by atoms with E-state index in [9.17, 15) is 12.8 Å². The number of sulfonamides is 1. The molecule has 1 atom stereocenters. The molecule has 1 aliphatic heterocycles. The number of hydrogen-bond donors (Lipinski definition) is 1. The van der Waals surface area contributed by atoms with Crippen molar-refractivity contribution in [3.05, 3.63) is 57.8 Å². The summed E-state index contributed by atoms with van der Waals surface area (Å²) < 4.78 is 41.4. The number of fused-ring (bicyclic) bond motifs is 1. The first-order chi connectivity index (χ1) is 10.9. The maximum absolute atomic E-state index is 13.5. The van der Waals surface area contributed by atoms with Crippen molar-refractivity contribution in [3.63, 3.8) is 0 Å². The Labute approximate surface area is 148 Å². The predicted octanol–water partition coefficient (Wildman–Crippen LogP) is 4.65. The van der Waals surface area contributed by atoms with Crippen LogP contribution in [-0.4, -0.2) is 14.2 Å². The van der Waals surface area contributed by atoms with Crippen molar-refractivity contribution in [2.75, 3.05) is 5.75 Å². The number of benzene rings is 2. The first-order valence-corrected chi connectivity index (χ1v) is 9.99. The number of rotatable bonds is 3. The van der Waals surface area contributed by atoms with Crippen molar-refractivity contribution in [2.24, 2.45) is 0 Å². The smallest absolute Gasteiger partial charge is 0.207 e. The summed E-state index contributed by atoms with van der Waals surface area (Å²) >= 11 is 13.6. The average Bonchev–Trinajstić information content (AvgIpc) is 2.47. The fourth-order valence-electron chi connectivity index (χ4n) is 2.47. The molecule has 0 unspecified atom stereocenters. The molecule has 2 aromatic carbocycles. The summed E-state index contributed by atoms with van der Waals surface area (Å²) in [5.41, 5.74) is 0.632. The van der Waals surface area contributed by atoms with Crippen LogP contribution in [0.25, 0.3) is 0 Å². The maximum Gasteiger partial charge on any atom is 0.244 e. The Kier molecular flexibility index (Phi) is 4.90. The molecule has 0 aliphatic carbocycles. The van der Waals surface area contributed by atoms with Crippen molar-refractivity contribution < 1.29 is 12.8 Å². The highest BCUT2D eigenvalue weighted by Crippen LogP contribution is 2.38. The van der Waals surface area contributed by atoms with E-state index in [1.54, 1.807) is 23.9 Å². The predicted molar refractivity (Wildman–Crippen MR) is 91.3 cm³/mol. The van der Waals surface area contributed by atoms with Crippen LogP contribution >= 0.6 is 35.0 Å². The molecule has 2 aromatic rings. The lowest BCUT2D eigenvalue weighted by atomic mass is 10.0. The molecule has 8 heteroatoms. The summed E-state index contributed by atoms with van der Waals surface area (Å²) in [6, 6.07) is 8.39. The fraction of sp³-hybridized carbons (Fsp3) is 0.200. The number of thioether (sulfide) groups is 1. The van der Waals surface area contributed by atoms with E-state index < -0.39 is 21.9 Å². The van der Waals surface area contributed by atoms with E-state index in [1.165, 1.54) is 24.3 Å². The van der Waals surface area contributed by atoms with Crippen molar-refractivity contribution in [3.8, 4) is 0 Å². The first kappa shape index (κ1) is 17.0. The van der Waals surface area contributed by atoms with Crippen LogP contribution in [-0.2, 0) is 10.0 Å². The molecule has 1 aliphatic rings. The van der Waals surface area contributed by atoms with Gasteiger partial charge in [0, 0.05) is 10.9 Å². The second-order valence-electron chi connectivity index (χ2n) is 5.04. The average molecular weight is 392 g/mol. The van der Waals surface area contributed by atoms with Gasteiger partial charge in [0.15, 0.2) is 0 Å². The summed E-state index contributed by atoms with van der Waals surface area (Å²) in [7, 11) is -3.92. The molecule has 0 radical (unpaired) electrons. The van der Waals surface area contributed by atoms with Crippen molar-refractivity contribution in [1.82, 2.24) is 4.72 Å². The van der Waals surface area contributed by atoms with Gasteiger partial charge in [0.1, 0.15) is 10.7 Å². The van der Waals surface area contributed by atoms with Gasteiger partial charge in [-0.3, -0.25) is 0 Å². The largest absolute Gasteiger partial charge is 0.244 e. The van der Waals surface area contributed by atoms with E-state index in [0.29, 0.717) is 12.0 Å². The Morgan fingerprint density at radius 1 is 1.17 bits per heavy atom. The highest BCUT2D eigenvalue weighted by Gasteiger charge is 2.29. The van der Waals surface area contributed by atoms with Gasteiger partial charge in [-0.2, -0.15) is 0 Å². The third kappa shape index (κ3) is 3.51. The number of halogens is 3. The Hall–Kier alpha value is -0.790. The standard InChI is InChI=1S/C15H12Cl2FNO2S2/c16-11-2-1-3-12(17)15(11)23(20,21)19-13-6-7-22-14-5-4-9(18)8-10(13)14/h1-5,8,13,19H,6-7H2/t13-/m1/s1. The van der Waals surface area contributed by atoms with Gasteiger partial charge in [0.2, 0.25) is 10.0 Å². The first-order valence-electron chi connectivity index (χ1n) is 6.77. The molecule has 1 N–H and O–H groups in total. The highest BCUT2D eigenvalue weighted by atomic mass is 35.5. The van der Waals surface area contributed by atoms with Crippen LogP contribution in [0.2, 0.25) is 10.0 Å². The van der Waals surface area contributed by atoms with Crippen LogP contribution in [0.3, 0.4) is 0 Å². The Morgan fingerprint density at radius 3 is 2.57 bits per heavy atom. The molecule has 0 fully saturated rings. The zero-order valence-corrected chi connectivity index (χ0v) is 14.9. The van der Waals surface area contributed by atoms with E-state index >= 15 is 0 Å². The van der Waals surface area contributed by atoms with Crippen molar-refractivity contribution in [1.29, 1.82) is 0 Å². The molecule has 0 saturated carbocycles. The van der Waals surface area contributed by atoms with Gasteiger partial charge >= 0.3 is 0 Å². The summed E-state index contributed by atoms with van der Waals surface area (Å²) in [4.78, 5) is 0.718. The van der Waals surface area contributed by atoms with Crippen LogP contribution in [0.15, 0.2) is 46.2 Å². The lowest BCUT2D eigenvalue weighted by Gasteiger charge is -2.26. The van der Waals surface area contributed by atoms with Crippen LogP contribution in [0.4, 0.5) is 4.39 Å². The normalized spacial score (nSPS) is 17.8. The third-order valence-electron chi connectivity index (χ3n) is 3.50. The summed E-state index contributed by atoms with van der Waals surface area (Å²) in [5.74, 6) is 0.341. The van der Waals surface area contributed by atoms with E-state index in [4.69, 9.17) is 23.2 Å². The van der Waals surface area contributed by atoms with E-state index in [-0.39, 0.29) is 14.9 Å². The van der Waals surface area contributed by atoms with Gasteiger partial charge in [0.25, 0.3) is 0 Å². The molecule has 0 amide bonds. The SMILES string of the molecule is O=S(=O)(N[C@@H]1CCSc2ccc(F)cc21)c1c(Cl)cccc1Cl. The second-order valence-corrected chi connectivity index (χ2v) is 8.65. The highest BCUT2D eigenvalue weighted by molar-refractivity contribution is 7.99. The minimum Gasteiger partial charge on any atom is -0.207 e. The molecule has 3 rings (SSSR count). The Bertz CT molecular complexity index is 838. The fourth-order valence-corrected chi connectivity index (χ4v) is 5.97. The monoisotopic (exact) mass is 391 g/mol. The molecule has 0 aromatic heterocycles. The van der Waals surface area contributed by atoms with Gasteiger partial charge in [-0.1, -0.05) is 29.3 Å². The minimum atomic E-state index is -3.92. The number of nitrogens with one attached hydrogen (secondary N) is 1. The molecule has 23 heavy (non-hydrogen) atoms. The molecule has 122 valence electrons. The molecule has 3 nitrogen and oxygen atoms in total. The topological polar surface area (TPSA) is 46.2 Å². The van der Waals surface area contributed by atoms with Crippen LogP contribution in [0, 0.1) is 5.82 Å². The zero-order valence-electron chi connectivity index (χ0n) is 11.7. The van der Waals surface area contributed by atoms with Crippen LogP contribution in [0.5, 0.6) is 0 Å². The summed E-state index contributed by atoms with van der Waals surface area (Å²) in [6.07, 6.45) is 0.558. The maximum atomic E-state index is 13.5. The lowest BCUT2D eigenvalue weighted by molar-refractivity contribution is 0.541. The summed E-state index contributed by atoms with van der Waals surface area (Å²) in [6.45, 7) is 0. The number of hydrogen-bond acceptors (Lipinski definition) is 3. The van der Waals surface area contributed by atoms with Gasteiger partial charge in [0.05, 0.1) is 10.0 Å². The zero-order chi connectivity index (χ0) is 16.6. The molecule has 1 heterocycles.